The quantitative estimate of drug-likeness (QED) is 0.690. The van der Waals surface area contributed by atoms with Gasteiger partial charge >= 0.3 is 6.03 Å². The van der Waals surface area contributed by atoms with Crippen molar-refractivity contribution >= 4 is 6.03 Å². The van der Waals surface area contributed by atoms with Crippen LogP contribution in [0.2, 0.25) is 0 Å². The zero-order valence-electron chi connectivity index (χ0n) is 9.12. The lowest BCUT2D eigenvalue weighted by molar-refractivity contribution is 0.173. The third kappa shape index (κ3) is 3.54. The molecule has 0 aromatic heterocycles. The Morgan fingerprint density at radius 1 is 1.57 bits per heavy atom. The number of nitrogens with one attached hydrogen (secondary N) is 1. The average molecular weight is 199 g/mol. The predicted molar refractivity (Wildman–Crippen MR) is 57.0 cm³/mol. The lowest BCUT2D eigenvalue weighted by Gasteiger charge is -2.30. The largest absolute Gasteiger partial charge is 0.336 e. The molecule has 0 aromatic rings. The van der Waals surface area contributed by atoms with E-state index < -0.39 is 0 Å². The highest BCUT2D eigenvalue weighted by Gasteiger charge is 2.19. The second-order valence-corrected chi connectivity index (χ2v) is 4.33. The van der Waals surface area contributed by atoms with Crippen molar-refractivity contribution in [3.63, 3.8) is 0 Å². The number of rotatable bonds is 2. The normalized spacial score (nSPS) is 20.6. The lowest BCUT2D eigenvalue weighted by Crippen LogP contribution is -2.46. The van der Waals surface area contributed by atoms with Gasteiger partial charge in [0.05, 0.1) is 0 Å². The molecule has 4 nitrogen and oxygen atoms in total. The fourth-order valence-corrected chi connectivity index (χ4v) is 1.57. The van der Waals surface area contributed by atoms with E-state index in [0.717, 1.165) is 31.8 Å². The first-order chi connectivity index (χ1) is 6.59. The summed E-state index contributed by atoms with van der Waals surface area (Å²) in [5.41, 5.74) is 5.56. The maximum atomic E-state index is 11.6. The highest BCUT2D eigenvalue weighted by Crippen LogP contribution is 2.15. The fourth-order valence-electron chi connectivity index (χ4n) is 1.57. The van der Waals surface area contributed by atoms with E-state index in [-0.39, 0.29) is 12.1 Å². The Bertz CT molecular complexity index is 186. The first kappa shape index (κ1) is 11.3. The Morgan fingerprint density at radius 2 is 2.14 bits per heavy atom. The van der Waals surface area contributed by atoms with Crippen molar-refractivity contribution in [2.24, 2.45) is 11.7 Å². The van der Waals surface area contributed by atoms with Crippen molar-refractivity contribution in [3.8, 4) is 0 Å². The molecule has 0 aromatic carbocycles. The van der Waals surface area contributed by atoms with Crippen LogP contribution in [-0.4, -0.2) is 36.6 Å². The van der Waals surface area contributed by atoms with Crippen LogP contribution in [0.3, 0.4) is 0 Å². The van der Waals surface area contributed by atoms with Crippen LogP contribution in [0, 0.1) is 5.92 Å². The van der Waals surface area contributed by atoms with Gasteiger partial charge in [0.15, 0.2) is 0 Å². The van der Waals surface area contributed by atoms with Crippen LogP contribution in [0.5, 0.6) is 0 Å². The standard InChI is InChI=1S/C10H21N3O/c1-8-3-5-13(6-4-8)10(14)12-7-9(2)11/h8-9H,3-7,11H2,1-2H3,(H,12,14). The Kier molecular flexibility index (Phi) is 4.20. The molecule has 0 saturated carbocycles. The number of carbonyl (C=O) groups excluding carboxylic acids is 1. The van der Waals surface area contributed by atoms with E-state index in [2.05, 4.69) is 12.2 Å². The molecular weight excluding hydrogens is 178 g/mol. The Hall–Kier alpha value is -0.770. The molecule has 1 aliphatic heterocycles. The van der Waals surface area contributed by atoms with E-state index in [1.807, 2.05) is 11.8 Å². The number of urea groups is 1. The maximum absolute atomic E-state index is 11.6. The number of nitrogens with two attached hydrogens (primary N) is 1. The summed E-state index contributed by atoms with van der Waals surface area (Å²) in [6.45, 7) is 6.44. The van der Waals surface area contributed by atoms with Crippen molar-refractivity contribution in [2.75, 3.05) is 19.6 Å². The molecule has 1 heterocycles. The third-order valence-electron chi connectivity index (χ3n) is 2.65. The summed E-state index contributed by atoms with van der Waals surface area (Å²) >= 11 is 0. The average Bonchev–Trinajstić information content (AvgIpc) is 2.15. The predicted octanol–water partition coefficient (Wildman–Crippen LogP) is 0.775. The fraction of sp³-hybridized carbons (Fsp3) is 0.900. The molecule has 0 aliphatic carbocycles. The summed E-state index contributed by atoms with van der Waals surface area (Å²) < 4.78 is 0. The molecule has 0 radical (unpaired) electrons. The van der Waals surface area contributed by atoms with Gasteiger partial charge in [-0.15, -0.1) is 0 Å². The minimum absolute atomic E-state index is 0.0302. The van der Waals surface area contributed by atoms with Gasteiger partial charge in [0.2, 0.25) is 0 Å². The Labute approximate surface area is 85.8 Å². The molecule has 1 saturated heterocycles. The molecule has 2 amide bonds. The summed E-state index contributed by atoms with van der Waals surface area (Å²) in [6.07, 6.45) is 2.23. The molecule has 82 valence electrons. The second-order valence-electron chi connectivity index (χ2n) is 4.33. The van der Waals surface area contributed by atoms with Gasteiger partial charge in [-0.05, 0) is 25.7 Å². The number of amides is 2. The van der Waals surface area contributed by atoms with E-state index in [0.29, 0.717) is 6.54 Å². The number of piperidine rings is 1. The van der Waals surface area contributed by atoms with Crippen LogP contribution in [0.15, 0.2) is 0 Å². The van der Waals surface area contributed by atoms with Crippen LogP contribution >= 0.6 is 0 Å². The van der Waals surface area contributed by atoms with Gasteiger partial charge in [-0.25, -0.2) is 4.79 Å². The van der Waals surface area contributed by atoms with E-state index >= 15 is 0 Å². The zero-order chi connectivity index (χ0) is 10.6. The highest BCUT2D eigenvalue weighted by molar-refractivity contribution is 5.74. The molecule has 1 unspecified atom stereocenters. The molecule has 1 atom stereocenters. The van der Waals surface area contributed by atoms with Gasteiger partial charge in [-0.1, -0.05) is 6.92 Å². The van der Waals surface area contributed by atoms with Crippen LogP contribution in [0.1, 0.15) is 26.7 Å². The minimum atomic E-state index is 0.0302. The van der Waals surface area contributed by atoms with Gasteiger partial charge < -0.3 is 16.0 Å². The third-order valence-corrected chi connectivity index (χ3v) is 2.65. The van der Waals surface area contributed by atoms with E-state index in [9.17, 15) is 4.79 Å². The maximum Gasteiger partial charge on any atom is 0.317 e. The number of hydrogen-bond acceptors (Lipinski definition) is 2. The number of likely N-dealkylation sites (tertiary alicyclic amines) is 1. The molecule has 14 heavy (non-hydrogen) atoms. The lowest BCUT2D eigenvalue weighted by atomic mass is 10.00. The SMILES string of the molecule is CC(N)CNC(=O)N1CCC(C)CC1. The van der Waals surface area contributed by atoms with E-state index in [4.69, 9.17) is 5.73 Å². The van der Waals surface area contributed by atoms with Crippen molar-refractivity contribution in [1.29, 1.82) is 0 Å². The first-order valence-electron chi connectivity index (χ1n) is 5.38. The van der Waals surface area contributed by atoms with Crippen molar-refractivity contribution < 1.29 is 4.79 Å². The van der Waals surface area contributed by atoms with Crippen molar-refractivity contribution in [2.45, 2.75) is 32.7 Å². The molecule has 0 spiro atoms. The number of hydrogen-bond donors (Lipinski definition) is 2. The number of carbonyl (C=O) groups is 1. The molecule has 1 rings (SSSR count). The van der Waals surface area contributed by atoms with E-state index in [1.165, 1.54) is 0 Å². The van der Waals surface area contributed by atoms with Gasteiger partial charge in [0, 0.05) is 25.7 Å². The van der Waals surface area contributed by atoms with Crippen LogP contribution in [0.25, 0.3) is 0 Å². The zero-order valence-corrected chi connectivity index (χ0v) is 9.12. The van der Waals surface area contributed by atoms with Crippen molar-refractivity contribution in [3.05, 3.63) is 0 Å². The summed E-state index contributed by atoms with van der Waals surface area (Å²) in [6, 6.07) is 0.0665. The summed E-state index contributed by atoms with van der Waals surface area (Å²) in [4.78, 5) is 13.4. The van der Waals surface area contributed by atoms with Crippen molar-refractivity contribution in [1.82, 2.24) is 10.2 Å². The van der Waals surface area contributed by atoms with Gasteiger partial charge in [-0.3, -0.25) is 0 Å². The molecular formula is C10H21N3O. The van der Waals surface area contributed by atoms with Gasteiger partial charge in [0.1, 0.15) is 0 Å². The summed E-state index contributed by atoms with van der Waals surface area (Å²) in [5.74, 6) is 0.757. The Morgan fingerprint density at radius 3 is 2.64 bits per heavy atom. The summed E-state index contributed by atoms with van der Waals surface area (Å²) in [7, 11) is 0. The molecule has 0 bridgehead atoms. The van der Waals surface area contributed by atoms with E-state index in [1.54, 1.807) is 0 Å². The van der Waals surface area contributed by atoms with Crippen LogP contribution in [0.4, 0.5) is 4.79 Å². The molecule has 3 N–H and O–H groups in total. The first-order valence-corrected chi connectivity index (χ1v) is 5.38. The topological polar surface area (TPSA) is 58.4 Å². The van der Waals surface area contributed by atoms with Gasteiger partial charge in [0.25, 0.3) is 0 Å². The smallest absolute Gasteiger partial charge is 0.317 e. The second kappa shape index (κ2) is 5.20. The van der Waals surface area contributed by atoms with Crippen LogP contribution < -0.4 is 11.1 Å². The minimum Gasteiger partial charge on any atom is -0.336 e. The van der Waals surface area contributed by atoms with Crippen LogP contribution in [-0.2, 0) is 0 Å². The monoisotopic (exact) mass is 199 g/mol. The molecule has 4 heteroatoms. The number of nitrogens with zero attached hydrogens (tertiary/aromatic N) is 1. The summed E-state index contributed by atoms with van der Waals surface area (Å²) in [5, 5.41) is 2.83. The Balaban J connectivity index is 2.24. The molecule has 1 fully saturated rings. The molecule has 1 aliphatic rings. The highest BCUT2D eigenvalue weighted by atomic mass is 16.2. The van der Waals surface area contributed by atoms with Gasteiger partial charge in [-0.2, -0.15) is 0 Å².